The average Bonchev–Trinajstić information content (AvgIpc) is 3.18. The smallest absolute Gasteiger partial charge is 0.292 e. The van der Waals surface area contributed by atoms with Crippen molar-refractivity contribution in [1.82, 2.24) is 15.5 Å². The Morgan fingerprint density at radius 1 is 1.27 bits per heavy atom. The van der Waals surface area contributed by atoms with Crippen LogP contribution in [0.5, 0.6) is 5.75 Å². The predicted molar refractivity (Wildman–Crippen MR) is 117 cm³/mol. The van der Waals surface area contributed by atoms with Gasteiger partial charge in [-0.3, -0.25) is 4.79 Å². The summed E-state index contributed by atoms with van der Waals surface area (Å²) in [5.74, 6) is 0.0763. The lowest BCUT2D eigenvalue weighted by molar-refractivity contribution is 0.0941. The number of halogens is 1. The Labute approximate surface area is 180 Å². The largest absolute Gasteiger partial charge is 0.508 e. The topological polar surface area (TPSA) is 88.2 Å². The van der Waals surface area contributed by atoms with Crippen LogP contribution in [-0.4, -0.2) is 27.7 Å². The van der Waals surface area contributed by atoms with Crippen LogP contribution in [0.2, 0.25) is 5.02 Å². The van der Waals surface area contributed by atoms with Crippen LogP contribution in [0, 0.1) is 6.92 Å². The lowest BCUT2D eigenvalue weighted by Gasteiger charge is -2.12. The molecule has 0 aliphatic carbocycles. The van der Waals surface area contributed by atoms with Crippen LogP contribution >= 0.6 is 11.6 Å². The fraction of sp³-hybridized carbons (Fsp3) is 0.261. The standard InChI is InChI=1S/C23H24ClN3O3/c1-3-5-17(20-14-18(24)9-8-15(20)2)10-11-25-23(29)22-26-21(30-27-22)13-16-6-4-7-19(28)12-16/h4-9,12,14,28H,3,10-11,13H2,1-2H3,(H,25,29)/b17-5-. The fourth-order valence-corrected chi connectivity index (χ4v) is 3.36. The van der Waals surface area contributed by atoms with Crippen molar-refractivity contribution in [2.45, 2.75) is 33.1 Å². The van der Waals surface area contributed by atoms with Crippen molar-refractivity contribution in [3.05, 3.63) is 82.0 Å². The van der Waals surface area contributed by atoms with E-state index in [2.05, 4.69) is 28.5 Å². The summed E-state index contributed by atoms with van der Waals surface area (Å²) in [6.45, 7) is 4.56. The summed E-state index contributed by atoms with van der Waals surface area (Å²) in [7, 11) is 0. The molecule has 7 heteroatoms. The van der Waals surface area contributed by atoms with Crippen LogP contribution in [0.15, 0.2) is 53.1 Å². The maximum absolute atomic E-state index is 12.4. The molecule has 6 nitrogen and oxygen atoms in total. The minimum atomic E-state index is -0.389. The Kier molecular flexibility index (Phi) is 7.25. The summed E-state index contributed by atoms with van der Waals surface area (Å²) in [6, 6.07) is 12.6. The van der Waals surface area contributed by atoms with E-state index in [0.29, 0.717) is 30.3 Å². The average molecular weight is 426 g/mol. The van der Waals surface area contributed by atoms with Crippen molar-refractivity contribution < 1.29 is 14.4 Å². The molecule has 1 aromatic heterocycles. The maximum atomic E-state index is 12.4. The van der Waals surface area contributed by atoms with E-state index in [1.54, 1.807) is 18.2 Å². The van der Waals surface area contributed by atoms with E-state index in [1.165, 1.54) is 0 Å². The summed E-state index contributed by atoms with van der Waals surface area (Å²) in [6.07, 6.45) is 4.03. The quantitative estimate of drug-likeness (QED) is 0.533. The highest BCUT2D eigenvalue weighted by molar-refractivity contribution is 6.30. The van der Waals surface area contributed by atoms with Gasteiger partial charge in [-0.2, -0.15) is 4.98 Å². The molecule has 0 saturated carbocycles. The molecule has 0 atom stereocenters. The minimum Gasteiger partial charge on any atom is -0.508 e. The zero-order chi connectivity index (χ0) is 21.5. The van der Waals surface area contributed by atoms with E-state index < -0.39 is 0 Å². The molecule has 0 spiro atoms. The van der Waals surface area contributed by atoms with Gasteiger partial charge in [-0.25, -0.2) is 0 Å². The molecule has 0 saturated heterocycles. The lowest BCUT2D eigenvalue weighted by Crippen LogP contribution is -2.25. The number of phenols is 1. The number of aryl methyl sites for hydroxylation is 1. The molecular formula is C23H24ClN3O3. The third-order valence-corrected chi connectivity index (χ3v) is 4.85. The molecule has 0 bridgehead atoms. The molecule has 0 unspecified atom stereocenters. The van der Waals surface area contributed by atoms with Crippen LogP contribution < -0.4 is 5.32 Å². The molecule has 1 amide bonds. The van der Waals surface area contributed by atoms with Gasteiger partial charge in [-0.15, -0.1) is 0 Å². The number of aromatic hydroxyl groups is 1. The summed E-state index contributed by atoms with van der Waals surface area (Å²) < 4.78 is 5.16. The van der Waals surface area contributed by atoms with Gasteiger partial charge in [0, 0.05) is 11.6 Å². The number of nitrogens with one attached hydrogen (secondary N) is 1. The number of rotatable bonds is 8. The molecule has 2 aromatic carbocycles. The normalized spacial score (nSPS) is 11.5. The van der Waals surface area contributed by atoms with Gasteiger partial charge in [0.1, 0.15) is 5.75 Å². The Hall–Kier alpha value is -3.12. The van der Waals surface area contributed by atoms with Crippen molar-refractivity contribution in [3.63, 3.8) is 0 Å². The summed E-state index contributed by atoms with van der Waals surface area (Å²) >= 11 is 6.16. The second-order valence-corrected chi connectivity index (χ2v) is 7.40. The van der Waals surface area contributed by atoms with E-state index in [4.69, 9.17) is 16.1 Å². The highest BCUT2D eigenvalue weighted by Gasteiger charge is 2.15. The second-order valence-electron chi connectivity index (χ2n) is 6.96. The molecule has 1 heterocycles. The van der Waals surface area contributed by atoms with Gasteiger partial charge < -0.3 is 14.9 Å². The molecule has 0 aliphatic rings. The minimum absolute atomic E-state index is 0.00916. The van der Waals surface area contributed by atoms with Crippen molar-refractivity contribution in [1.29, 1.82) is 0 Å². The fourth-order valence-electron chi connectivity index (χ4n) is 3.18. The highest BCUT2D eigenvalue weighted by Crippen LogP contribution is 2.25. The molecule has 0 aliphatic heterocycles. The van der Waals surface area contributed by atoms with Gasteiger partial charge in [0.2, 0.25) is 5.89 Å². The zero-order valence-corrected chi connectivity index (χ0v) is 17.7. The van der Waals surface area contributed by atoms with Crippen molar-refractivity contribution >= 4 is 23.1 Å². The monoisotopic (exact) mass is 425 g/mol. The third kappa shape index (κ3) is 5.70. The van der Waals surface area contributed by atoms with Gasteiger partial charge in [-0.05, 0) is 66.3 Å². The lowest BCUT2D eigenvalue weighted by atomic mass is 9.97. The van der Waals surface area contributed by atoms with E-state index in [1.807, 2.05) is 31.2 Å². The van der Waals surface area contributed by atoms with Crippen LogP contribution in [0.25, 0.3) is 5.57 Å². The number of phenolic OH excluding ortho intramolecular Hbond substituents is 1. The molecule has 3 rings (SSSR count). The van der Waals surface area contributed by atoms with E-state index >= 15 is 0 Å². The number of carbonyl (C=O) groups excluding carboxylic acids is 1. The molecule has 2 N–H and O–H groups in total. The van der Waals surface area contributed by atoms with E-state index in [-0.39, 0.29) is 17.5 Å². The zero-order valence-electron chi connectivity index (χ0n) is 17.0. The SMILES string of the molecule is CC/C=C(/CCNC(=O)c1noc(Cc2cccc(O)c2)n1)c1cc(Cl)ccc1C. The molecule has 156 valence electrons. The first kappa shape index (κ1) is 21.6. The molecule has 0 radical (unpaired) electrons. The van der Waals surface area contributed by atoms with E-state index in [0.717, 1.165) is 28.7 Å². The number of hydrogen-bond acceptors (Lipinski definition) is 5. The second kappa shape index (κ2) is 10.1. The molecule has 3 aromatic rings. The van der Waals surface area contributed by atoms with Gasteiger partial charge >= 0.3 is 0 Å². The summed E-state index contributed by atoms with van der Waals surface area (Å²) in [5.41, 5.74) is 4.18. The first-order valence-corrected chi connectivity index (χ1v) is 10.2. The first-order valence-electron chi connectivity index (χ1n) is 9.80. The Bertz CT molecular complexity index is 1060. The van der Waals surface area contributed by atoms with Crippen molar-refractivity contribution in [3.8, 4) is 5.75 Å². The van der Waals surface area contributed by atoms with Gasteiger partial charge in [0.05, 0.1) is 6.42 Å². The summed E-state index contributed by atoms with van der Waals surface area (Å²) in [4.78, 5) is 16.5. The molecule has 0 fully saturated rings. The Morgan fingerprint density at radius 2 is 2.10 bits per heavy atom. The van der Waals surface area contributed by atoms with Crippen LogP contribution in [0.4, 0.5) is 0 Å². The number of amides is 1. The van der Waals surface area contributed by atoms with Gasteiger partial charge in [0.15, 0.2) is 0 Å². The number of hydrogen-bond donors (Lipinski definition) is 2. The number of aromatic nitrogens is 2. The van der Waals surface area contributed by atoms with Crippen LogP contribution in [0.3, 0.4) is 0 Å². The van der Waals surface area contributed by atoms with E-state index in [9.17, 15) is 9.90 Å². The third-order valence-electron chi connectivity index (χ3n) is 4.61. The predicted octanol–water partition coefficient (Wildman–Crippen LogP) is 4.94. The Morgan fingerprint density at radius 3 is 2.87 bits per heavy atom. The number of nitrogens with zero attached hydrogens (tertiary/aromatic N) is 2. The van der Waals surface area contributed by atoms with Crippen LogP contribution in [0.1, 0.15) is 53.0 Å². The van der Waals surface area contributed by atoms with Gasteiger partial charge in [0.25, 0.3) is 11.7 Å². The maximum Gasteiger partial charge on any atom is 0.292 e. The number of carbonyl (C=O) groups is 1. The molecular weight excluding hydrogens is 402 g/mol. The summed E-state index contributed by atoms with van der Waals surface area (Å²) in [5, 5.41) is 16.8. The number of allylic oxidation sites excluding steroid dienone is 1. The molecule has 30 heavy (non-hydrogen) atoms. The Balaban J connectivity index is 1.59. The van der Waals surface area contributed by atoms with Gasteiger partial charge in [-0.1, -0.05) is 48.0 Å². The van der Waals surface area contributed by atoms with Crippen molar-refractivity contribution in [2.75, 3.05) is 6.54 Å². The van der Waals surface area contributed by atoms with Crippen LogP contribution in [-0.2, 0) is 6.42 Å². The first-order chi connectivity index (χ1) is 14.5. The highest BCUT2D eigenvalue weighted by atomic mass is 35.5. The van der Waals surface area contributed by atoms with Crippen molar-refractivity contribution in [2.24, 2.45) is 0 Å². The number of benzene rings is 2.